The van der Waals surface area contributed by atoms with Gasteiger partial charge in [0.05, 0.1) is 5.56 Å². The summed E-state index contributed by atoms with van der Waals surface area (Å²) in [6.45, 7) is 8.36. The summed E-state index contributed by atoms with van der Waals surface area (Å²) in [5.74, 6) is 0. The number of hydroxylamine groups is 1. The number of nitrogens with zero attached hydrogens (tertiary/aromatic N) is 3. The molecule has 1 saturated heterocycles. The highest BCUT2D eigenvalue weighted by molar-refractivity contribution is 8.24. The van der Waals surface area contributed by atoms with E-state index in [1.165, 1.54) is 0 Å². The van der Waals surface area contributed by atoms with Gasteiger partial charge in [-0.05, 0) is 26.0 Å². The smallest absolute Gasteiger partial charge is 0.254 e. The van der Waals surface area contributed by atoms with Crippen molar-refractivity contribution >= 4 is 34.5 Å². The van der Waals surface area contributed by atoms with Crippen LogP contribution in [0, 0.1) is 5.21 Å². The van der Waals surface area contributed by atoms with Gasteiger partial charge < -0.3 is 5.21 Å². The molecule has 6 heteroatoms. The number of aromatic nitrogens is 1. The summed E-state index contributed by atoms with van der Waals surface area (Å²) in [5.41, 5.74) is 0.777. The van der Waals surface area contributed by atoms with Gasteiger partial charge in [0, 0.05) is 18.9 Å². The molecule has 0 N–H and O–H groups in total. The van der Waals surface area contributed by atoms with Gasteiger partial charge in [-0.3, -0.25) is 9.88 Å². The van der Waals surface area contributed by atoms with Crippen LogP contribution < -0.4 is 0 Å². The lowest BCUT2D eigenvalue weighted by atomic mass is 10.1. The molecule has 1 aliphatic rings. The molecule has 0 spiro atoms. The van der Waals surface area contributed by atoms with Crippen LogP contribution in [0.4, 0.5) is 0 Å². The summed E-state index contributed by atoms with van der Waals surface area (Å²) >= 11 is 6.92. The average Bonchev–Trinajstić information content (AvgIpc) is 2.60. The quantitative estimate of drug-likeness (QED) is 0.214. The zero-order valence-electron chi connectivity index (χ0n) is 11.5. The van der Waals surface area contributed by atoms with Gasteiger partial charge in [-0.15, -0.1) is 6.58 Å². The molecular formula is C14H17N3OS2. The number of hydrogen-bond acceptors (Lipinski definition) is 4. The Morgan fingerprint density at radius 1 is 1.65 bits per heavy atom. The van der Waals surface area contributed by atoms with Crippen LogP contribution >= 0.6 is 24.0 Å². The predicted molar refractivity (Wildman–Crippen MR) is 88.0 cm³/mol. The molecule has 1 aromatic heterocycles. The van der Waals surface area contributed by atoms with E-state index >= 15 is 0 Å². The Hall–Kier alpha value is -1.40. The molecule has 106 valence electrons. The van der Waals surface area contributed by atoms with Crippen molar-refractivity contribution in [2.24, 2.45) is 0 Å². The number of thiocarbonyl (C=S) groups is 1. The summed E-state index contributed by atoms with van der Waals surface area (Å²) in [7, 11) is 0. The number of rotatable bonds is 4. The van der Waals surface area contributed by atoms with Gasteiger partial charge in [0.2, 0.25) is 0 Å². The minimum absolute atomic E-state index is 0.277. The Kier molecular flexibility index (Phi) is 4.45. The van der Waals surface area contributed by atoms with Gasteiger partial charge in [0.25, 0.3) is 6.17 Å². The van der Waals surface area contributed by atoms with Crippen LogP contribution in [0.15, 0.2) is 37.2 Å². The summed E-state index contributed by atoms with van der Waals surface area (Å²) in [6.07, 6.45) is 6.32. The van der Waals surface area contributed by atoms with E-state index in [-0.39, 0.29) is 10.9 Å². The van der Waals surface area contributed by atoms with Crippen LogP contribution in [0.3, 0.4) is 0 Å². The lowest BCUT2D eigenvalue weighted by molar-refractivity contribution is -0.523. The van der Waals surface area contributed by atoms with E-state index in [1.807, 2.05) is 24.8 Å². The van der Waals surface area contributed by atoms with E-state index in [4.69, 9.17) is 12.2 Å². The third kappa shape index (κ3) is 3.02. The molecule has 0 bridgehead atoms. The molecule has 0 aliphatic carbocycles. The van der Waals surface area contributed by atoms with Crippen molar-refractivity contribution in [2.75, 3.05) is 6.54 Å². The van der Waals surface area contributed by atoms with E-state index in [2.05, 4.69) is 11.6 Å². The molecule has 2 rings (SSSR count). The Morgan fingerprint density at radius 3 is 3.00 bits per heavy atom. The standard InChI is InChI=1S/C14H17N3OS2/c1-4-8-16-12(14(2,3)20-13(16)19)17(18)10-11-6-5-7-15-9-11/h4-7,9-10,12H,1,8H2,2-3H3/b17-10-. The first kappa shape index (κ1) is 15.0. The molecule has 1 unspecified atom stereocenters. The molecule has 0 aromatic carbocycles. The van der Waals surface area contributed by atoms with Crippen molar-refractivity contribution in [3.8, 4) is 0 Å². The summed E-state index contributed by atoms with van der Waals surface area (Å²) in [5, 5.41) is 12.5. The van der Waals surface area contributed by atoms with E-state index < -0.39 is 0 Å². The fourth-order valence-corrected chi connectivity index (χ4v) is 4.14. The van der Waals surface area contributed by atoms with Crippen LogP contribution in [0.25, 0.3) is 0 Å². The number of pyridine rings is 1. The maximum absolute atomic E-state index is 12.5. The molecule has 1 fully saturated rings. The average molecular weight is 307 g/mol. The number of hydrogen-bond donors (Lipinski definition) is 0. The van der Waals surface area contributed by atoms with Gasteiger partial charge in [-0.1, -0.05) is 30.1 Å². The normalized spacial score (nSPS) is 22.1. The fraction of sp³-hybridized carbons (Fsp3) is 0.357. The van der Waals surface area contributed by atoms with E-state index in [0.29, 0.717) is 6.54 Å². The van der Waals surface area contributed by atoms with Crippen molar-refractivity contribution in [1.29, 1.82) is 0 Å². The Morgan fingerprint density at radius 2 is 2.40 bits per heavy atom. The first-order chi connectivity index (χ1) is 9.45. The van der Waals surface area contributed by atoms with Gasteiger partial charge in [0.1, 0.15) is 9.07 Å². The second kappa shape index (κ2) is 5.93. The highest BCUT2D eigenvalue weighted by Crippen LogP contribution is 2.41. The van der Waals surface area contributed by atoms with Crippen LogP contribution in [-0.2, 0) is 0 Å². The van der Waals surface area contributed by atoms with E-state index in [1.54, 1.807) is 42.5 Å². The van der Waals surface area contributed by atoms with Crippen molar-refractivity contribution in [3.05, 3.63) is 48.0 Å². The topological polar surface area (TPSA) is 42.2 Å². The molecule has 20 heavy (non-hydrogen) atoms. The molecule has 0 radical (unpaired) electrons. The van der Waals surface area contributed by atoms with Crippen molar-refractivity contribution in [1.82, 2.24) is 9.88 Å². The Balaban J connectivity index is 2.34. The predicted octanol–water partition coefficient (Wildman–Crippen LogP) is 2.64. The van der Waals surface area contributed by atoms with Crippen LogP contribution in [0.5, 0.6) is 0 Å². The van der Waals surface area contributed by atoms with Crippen LogP contribution in [-0.4, -0.2) is 42.6 Å². The molecule has 1 aromatic rings. The van der Waals surface area contributed by atoms with Crippen LogP contribution in [0.1, 0.15) is 19.4 Å². The molecule has 2 heterocycles. The lowest BCUT2D eigenvalue weighted by Gasteiger charge is -2.29. The highest BCUT2D eigenvalue weighted by Gasteiger charge is 2.49. The SMILES string of the molecule is C=CCN1C(=S)SC(C)(C)C1/[N+]([O-])=C/c1cccnc1. The summed E-state index contributed by atoms with van der Waals surface area (Å²) in [6, 6.07) is 3.66. The second-order valence-corrected chi connectivity index (χ2v) is 7.35. The maximum atomic E-state index is 12.5. The minimum Gasteiger partial charge on any atom is -0.622 e. The van der Waals surface area contributed by atoms with E-state index in [9.17, 15) is 5.21 Å². The van der Waals surface area contributed by atoms with Gasteiger partial charge >= 0.3 is 0 Å². The highest BCUT2D eigenvalue weighted by atomic mass is 32.2. The summed E-state index contributed by atoms with van der Waals surface area (Å²) < 4.78 is 1.42. The maximum Gasteiger partial charge on any atom is 0.254 e. The Bertz CT molecular complexity index is 543. The fourth-order valence-electron chi connectivity index (χ4n) is 2.24. The summed E-state index contributed by atoms with van der Waals surface area (Å²) in [4.78, 5) is 5.92. The first-order valence-corrected chi connectivity index (χ1v) is 7.49. The molecule has 1 aliphatic heterocycles. The molecule has 0 amide bonds. The third-order valence-electron chi connectivity index (χ3n) is 3.03. The minimum atomic E-state index is -0.349. The monoisotopic (exact) mass is 307 g/mol. The second-order valence-electron chi connectivity index (χ2n) is 5.06. The van der Waals surface area contributed by atoms with Crippen molar-refractivity contribution < 1.29 is 4.74 Å². The van der Waals surface area contributed by atoms with Crippen LogP contribution in [0.2, 0.25) is 0 Å². The molecule has 4 nitrogen and oxygen atoms in total. The Labute approximate surface area is 128 Å². The van der Waals surface area contributed by atoms with Gasteiger partial charge in [0.15, 0.2) is 6.21 Å². The van der Waals surface area contributed by atoms with Crippen molar-refractivity contribution in [3.63, 3.8) is 0 Å². The lowest BCUT2D eigenvalue weighted by Crippen LogP contribution is -2.47. The van der Waals surface area contributed by atoms with E-state index in [0.717, 1.165) is 14.6 Å². The molecular weight excluding hydrogens is 290 g/mol. The van der Waals surface area contributed by atoms with Gasteiger partial charge in [-0.2, -0.15) is 4.74 Å². The molecule has 0 saturated carbocycles. The molecule has 1 atom stereocenters. The van der Waals surface area contributed by atoms with Crippen molar-refractivity contribution in [2.45, 2.75) is 24.8 Å². The largest absolute Gasteiger partial charge is 0.622 e. The number of thioether (sulfide) groups is 1. The first-order valence-electron chi connectivity index (χ1n) is 6.26. The zero-order chi connectivity index (χ0) is 14.8. The van der Waals surface area contributed by atoms with Gasteiger partial charge in [-0.25, -0.2) is 0 Å². The zero-order valence-corrected chi connectivity index (χ0v) is 13.2. The third-order valence-corrected chi connectivity index (χ3v) is 4.66.